The highest BCUT2D eigenvalue weighted by Gasteiger charge is 2.10. The van der Waals surface area contributed by atoms with Gasteiger partial charge in [-0.2, -0.15) is 5.26 Å². The van der Waals surface area contributed by atoms with Gasteiger partial charge in [-0.15, -0.1) is 0 Å². The third-order valence-electron chi connectivity index (χ3n) is 3.07. The number of aromatic hydroxyl groups is 2. The number of esters is 1. The topological polar surface area (TPSA) is 90.5 Å². The Morgan fingerprint density at radius 1 is 1.08 bits per heavy atom. The van der Waals surface area contributed by atoms with Gasteiger partial charge in [0.05, 0.1) is 0 Å². The molecule has 2 aromatic rings. The summed E-state index contributed by atoms with van der Waals surface area (Å²) in [6.45, 7) is 0.0353. The first-order valence-electron chi connectivity index (χ1n) is 7.12. The molecule has 0 aliphatic heterocycles. The van der Waals surface area contributed by atoms with Gasteiger partial charge in [-0.25, -0.2) is 4.79 Å². The molecule has 0 fully saturated rings. The molecule has 2 rings (SSSR count). The maximum absolute atomic E-state index is 11.9. The van der Waals surface area contributed by atoms with Gasteiger partial charge in [0.15, 0.2) is 11.5 Å². The maximum Gasteiger partial charge on any atom is 0.349 e. The highest BCUT2D eigenvalue weighted by molar-refractivity contribution is 5.98. The van der Waals surface area contributed by atoms with E-state index in [9.17, 15) is 15.0 Å². The lowest BCUT2D eigenvalue weighted by Crippen LogP contribution is -2.06. The fraction of sp³-hybridized carbons (Fsp3) is 0.100. The monoisotopic (exact) mass is 337 g/mol. The van der Waals surface area contributed by atoms with Crippen molar-refractivity contribution in [3.8, 4) is 17.6 Å². The van der Waals surface area contributed by atoms with E-state index in [0.29, 0.717) is 5.56 Å². The van der Waals surface area contributed by atoms with Crippen LogP contribution in [0.1, 0.15) is 18.6 Å². The summed E-state index contributed by atoms with van der Waals surface area (Å²) in [5.41, 5.74) is 1.18. The second-order valence-corrected chi connectivity index (χ2v) is 4.83. The first-order valence-corrected chi connectivity index (χ1v) is 7.12. The number of phenols is 2. The molecule has 0 amide bonds. The molecule has 0 spiro atoms. The Bertz CT molecular complexity index is 817. The van der Waals surface area contributed by atoms with E-state index in [2.05, 4.69) is 0 Å². The van der Waals surface area contributed by atoms with Crippen molar-refractivity contribution in [2.45, 2.75) is 7.43 Å². The van der Waals surface area contributed by atoms with E-state index in [-0.39, 0.29) is 31.1 Å². The molecule has 0 aromatic heterocycles. The molecule has 5 nitrogen and oxygen atoms in total. The number of carbonyl (C=O) groups excluding carboxylic acids is 1. The maximum atomic E-state index is 11.9. The SMILES string of the molecule is C.N#C/C(=C\c1ccc(O)c(O)c1)C(=O)OC/C=C/c1ccccc1. The average molecular weight is 337 g/mol. The number of rotatable bonds is 5. The average Bonchev–Trinajstić information content (AvgIpc) is 2.60. The molecule has 0 radical (unpaired) electrons. The van der Waals surface area contributed by atoms with Crippen LogP contribution in [0.15, 0.2) is 60.2 Å². The number of ether oxygens (including phenoxy) is 1. The molecule has 0 aliphatic rings. The quantitative estimate of drug-likeness (QED) is 0.374. The fourth-order valence-corrected chi connectivity index (χ4v) is 1.88. The summed E-state index contributed by atoms with van der Waals surface area (Å²) < 4.78 is 5.01. The molecule has 5 heteroatoms. The Labute approximate surface area is 146 Å². The van der Waals surface area contributed by atoms with Crippen molar-refractivity contribution in [2.75, 3.05) is 6.61 Å². The first-order chi connectivity index (χ1) is 11.6. The van der Waals surface area contributed by atoms with Gasteiger partial charge in [-0.3, -0.25) is 0 Å². The van der Waals surface area contributed by atoms with Gasteiger partial charge < -0.3 is 14.9 Å². The van der Waals surface area contributed by atoms with Crippen molar-refractivity contribution in [2.24, 2.45) is 0 Å². The summed E-state index contributed by atoms with van der Waals surface area (Å²) in [5.74, 6) is -1.37. The van der Waals surface area contributed by atoms with E-state index in [1.54, 1.807) is 18.2 Å². The van der Waals surface area contributed by atoms with E-state index in [1.165, 1.54) is 24.3 Å². The Morgan fingerprint density at radius 3 is 2.44 bits per heavy atom. The highest BCUT2D eigenvalue weighted by Crippen LogP contribution is 2.25. The molecule has 2 N–H and O–H groups in total. The molecule has 0 saturated heterocycles. The highest BCUT2D eigenvalue weighted by atomic mass is 16.5. The van der Waals surface area contributed by atoms with Gasteiger partial charge in [0, 0.05) is 0 Å². The summed E-state index contributed by atoms with van der Waals surface area (Å²) in [4.78, 5) is 11.9. The molecule has 2 aromatic carbocycles. The van der Waals surface area contributed by atoms with E-state index in [1.807, 2.05) is 30.3 Å². The number of benzene rings is 2. The molecular formula is C20H19NO4. The summed E-state index contributed by atoms with van der Waals surface area (Å²) in [7, 11) is 0. The molecule has 0 bridgehead atoms. The lowest BCUT2D eigenvalue weighted by Gasteiger charge is -2.02. The van der Waals surface area contributed by atoms with Gasteiger partial charge in [0.1, 0.15) is 18.2 Å². The van der Waals surface area contributed by atoms with Crippen molar-refractivity contribution in [3.05, 3.63) is 71.3 Å². The van der Waals surface area contributed by atoms with Crippen LogP contribution in [-0.4, -0.2) is 22.8 Å². The number of nitriles is 1. The van der Waals surface area contributed by atoms with E-state index >= 15 is 0 Å². The minimum absolute atomic E-state index is 0. The van der Waals surface area contributed by atoms with Crippen LogP contribution in [0.4, 0.5) is 0 Å². The predicted molar refractivity (Wildman–Crippen MR) is 96.5 cm³/mol. The lowest BCUT2D eigenvalue weighted by atomic mass is 10.1. The van der Waals surface area contributed by atoms with E-state index < -0.39 is 5.97 Å². The summed E-state index contributed by atoms with van der Waals surface area (Å²) in [5, 5.41) is 27.7. The molecule has 0 atom stereocenters. The van der Waals surface area contributed by atoms with Gasteiger partial charge in [-0.1, -0.05) is 49.9 Å². The number of hydrogen-bond acceptors (Lipinski definition) is 5. The van der Waals surface area contributed by atoms with Crippen LogP contribution in [-0.2, 0) is 9.53 Å². The second-order valence-electron chi connectivity index (χ2n) is 4.83. The van der Waals surface area contributed by atoms with Gasteiger partial charge >= 0.3 is 5.97 Å². The molecule has 0 saturated carbocycles. The second kappa shape index (κ2) is 9.58. The number of carbonyl (C=O) groups is 1. The zero-order valence-electron chi connectivity index (χ0n) is 12.7. The van der Waals surface area contributed by atoms with Crippen molar-refractivity contribution < 1.29 is 19.7 Å². The van der Waals surface area contributed by atoms with Crippen molar-refractivity contribution in [3.63, 3.8) is 0 Å². The zero-order chi connectivity index (χ0) is 17.4. The van der Waals surface area contributed by atoms with Crippen molar-refractivity contribution in [1.82, 2.24) is 0 Å². The van der Waals surface area contributed by atoms with Crippen LogP contribution < -0.4 is 0 Å². The van der Waals surface area contributed by atoms with Gasteiger partial charge in [-0.05, 0) is 35.4 Å². The Kier molecular flexibility index (Phi) is 7.48. The Balaban J connectivity index is 0.00000312. The summed E-state index contributed by atoms with van der Waals surface area (Å²) in [6, 6.07) is 15.3. The number of phenolic OH excluding ortho intramolecular Hbond substituents is 2. The number of hydrogen-bond donors (Lipinski definition) is 2. The third kappa shape index (κ3) is 5.88. The van der Waals surface area contributed by atoms with Crippen LogP contribution in [0.3, 0.4) is 0 Å². The summed E-state index contributed by atoms with van der Waals surface area (Å²) >= 11 is 0. The van der Waals surface area contributed by atoms with Crippen LogP contribution in [0.25, 0.3) is 12.2 Å². The Morgan fingerprint density at radius 2 is 1.80 bits per heavy atom. The predicted octanol–water partition coefficient (Wildman–Crippen LogP) is 3.90. The number of nitrogens with zero attached hydrogens (tertiary/aromatic N) is 1. The lowest BCUT2D eigenvalue weighted by molar-refractivity contribution is -0.137. The largest absolute Gasteiger partial charge is 0.504 e. The molecule has 0 unspecified atom stereocenters. The zero-order valence-corrected chi connectivity index (χ0v) is 12.7. The van der Waals surface area contributed by atoms with Crippen LogP contribution in [0.5, 0.6) is 11.5 Å². The molecule has 128 valence electrons. The molecular weight excluding hydrogens is 318 g/mol. The third-order valence-corrected chi connectivity index (χ3v) is 3.07. The van der Waals surface area contributed by atoms with Crippen LogP contribution in [0, 0.1) is 11.3 Å². The van der Waals surface area contributed by atoms with Crippen molar-refractivity contribution in [1.29, 1.82) is 5.26 Å². The van der Waals surface area contributed by atoms with E-state index in [4.69, 9.17) is 10.00 Å². The van der Waals surface area contributed by atoms with Gasteiger partial charge in [0.25, 0.3) is 0 Å². The van der Waals surface area contributed by atoms with Crippen molar-refractivity contribution >= 4 is 18.1 Å². The minimum Gasteiger partial charge on any atom is -0.504 e. The normalized spacial score (nSPS) is 10.8. The fourth-order valence-electron chi connectivity index (χ4n) is 1.88. The molecule has 0 aliphatic carbocycles. The first kappa shape index (κ1) is 19.5. The van der Waals surface area contributed by atoms with Crippen LogP contribution in [0.2, 0.25) is 0 Å². The molecule has 0 heterocycles. The Hall–Kier alpha value is -3.52. The van der Waals surface area contributed by atoms with Gasteiger partial charge in [0.2, 0.25) is 0 Å². The van der Waals surface area contributed by atoms with E-state index in [0.717, 1.165) is 5.56 Å². The smallest absolute Gasteiger partial charge is 0.349 e. The standard InChI is InChI=1S/C19H15NO4.CH4/c20-13-16(11-15-8-9-17(21)18(22)12-15)19(23)24-10-4-7-14-5-2-1-3-6-14;/h1-9,11-12,21-22H,10H2;1H4/b7-4+,16-11+;. The molecule has 25 heavy (non-hydrogen) atoms. The minimum atomic E-state index is -0.761. The summed E-state index contributed by atoms with van der Waals surface area (Å²) in [6.07, 6.45) is 4.76. The van der Waals surface area contributed by atoms with Crippen LogP contribution >= 0.6 is 0 Å².